The van der Waals surface area contributed by atoms with Crippen molar-refractivity contribution in [1.82, 2.24) is 25.1 Å². The summed E-state index contributed by atoms with van der Waals surface area (Å²) in [7, 11) is 1.65. The van der Waals surface area contributed by atoms with E-state index in [0.717, 1.165) is 11.1 Å². The molecule has 2 atom stereocenters. The maximum absolute atomic E-state index is 13.0. The summed E-state index contributed by atoms with van der Waals surface area (Å²) in [6, 6.07) is 5.19. The van der Waals surface area contributed by atoms with E-state index in [1.165, 1.54) is 12.6 Å². The standard InChI is InChI=1S/C18H20N6O3/c1-11-13(17-19-6-7-27-17)4-3-5-14(11)22-18(25)24-9-12(26-2)8-15(24)16-20-10-21-23-16/h3-7,10,12,15H,8-9H2,1-2H3,(H,22,25)(H,20,21,23)/t12-,15+/m1/s1. The number of H-pyrrole nitrogens is 1. The van der Waals surface area contributed by atoms with Crippen molar-refractivity contribution in [3.63, 3.8) is 0 Å². The molecule has 0 saturated carbocycles. The number of methoxy groups -OCH3 is 1. The van der Waals surface area contributed by atoms with Crippen LogP contribution in [0.2, 0.25) is 0 Å². The highest BCUT2D eigenvalue weighted by molar-refractivity contribution is 5.91. The zero-order valence-corrected chi connectivity index (χ0v) is 15.0. The molecule has 1 saturated heterocycles. The van der Waals surface area contributed by atoms with Gasteiger partial charge in [0, 0.05) is 31.3 Å². The lowest BCUT2D eigenvalue weighted by Gasteiger charge is -2.23. The average Bonchev–Trinajstić information content (AvgIpc) is 3.43. The van der Waals surface area contributed by atoms with Crippen molar-refractivity contribution in [2.45, 2.75) is 25.5 Å². The van der Waals surface area contributed by atoms with Crippen LogP contribution < -0.4 is 5.32 Å². The Labute approximate surface area is 155 Å². The molecular weight excluding hydrogens is 348 g/mol. The average molecular weight is 368 g/mol. The highest BCUT2D eigenvalue weighted by Gasteiger charge is 2.38. The maximum atomic E-state index is 13.0. The second-order valence-electron chi connectivity index (χ2n) is 6.38. The largest absolute Gasteiger partial charge is 0.445 e. The van der Waals surface area contributed by atoms with Crippen molar-refractivity contribution in [3.8, 4) is 11.5 Å². The van der Waals surface area contributed by atoms with Crippen LogP contribution in [0.3, 0.4) is 0 Å². The molecule has 0 unspecified atom stereocenters. The molecule has 9 heteroatoms. The van der Waals surface area contributed by atoms with Crippen LogP contribution in [0.25, 0.3) is 11.5 Å². The van der Waals surface area contributed by atoms with Crippen LogP contribution in [0, 0.1) is 6.92 Å². The van der Waals surface area contributed by atoms with Gasteiger partial charge < -0.3 is 19.4 Å². The van der Waals surface area contributed by atoms with Crippen LogP contribution in [-0.4, -0.2) is 50.9 Å². The van der Waals surface area contributed by atoms with Gasteiger partial charge in [0.2, 0.25) is 5.89 Å². The molecule has 2 N–H and O–H groups in total. The summed E-state index contributed by atoms with van der Waals surface area (Å²) < 4.78 is 10.8. The van der Waals surface area contributed by atoms with E-state index >= 15 is 0 Å². The fraction of sp³-hybridized carbons (Fsp3) is 0.333. The number of benzene rings is 1. The number of ether oxygens (including phenoxy) is 1. The minimum absolute atomic E-state index is 0.0504. The van der Waals surface area contributed by atoms with Crippen LogP contribution in [-0.2, 0) is 4.74 Å². The number of oxazole rings is 1. The van der Waals surface area contributed by atoms with E-state index in [0.29, 0.717) is 30.4 Å². The van der Waals surface area contributed by atoms with Gasteiger partial charge in [-0.3, -0.25) is 5.10 Å². The number of aromatic nitrogens is 4. The molecule has 9 nitrogen and oxygen atoms in total. The molecule has 4 rings (SSSR count). The molecule has 1 fully saturated rings. The summed E-state index contributed by atoms with van der Waals surface area (Å²) in [5, 5.41) is 9.74. The molecular formula is C18H20N6O3. The molecule has 27 heavy (non-hydrogen) atoms. The maximum Gasteiger partial charge on any atom is 0.322 e. The lowest BCUT2D eigenvalue weighted by Crippen LogP contribution is -2.36. The molecule has 1 aliphatic heterocycles. The molecule has 0 aliphatic carbocycles. The number of urea groups is 1. The zero-order chi connectivity index (χ0) is 18.8. The fourth-order valence-electron chi connectivity index (χ4n) is 3.37. The lowest BCUT2D eigenvalue weighted by molar-refractivity contribution is 0.111. The number of rotatable bonds is 4. The number of amides is 2. The van der Waals surface area contributed by atoms with Gasteiger partial charge in [0.15, 0.2) is 0 Å². The first-order valence-electron chi connectivity index (χ1n) is 8.62. The van der Waals surface area contributed by atoms with Gasteiger partial charge in [0.1, 0.15) is 18.4 Å². The van der Waals surface area contributed by atoms with Crippen LogP contribution in [0.4, 0.5) is 10.5 Å². The highest BCUT2D eigenvalue weighted by atomic mass is 16.5. The Bertz CT molecular complexity index is 909. The highest BCUT2D eigenvalue weighted by Crippen LogP contribution is 2.33. The minimum atomic E-state index is -0.219. The third kappa shape index (κ3) is 3.28. The van der Waals surface area contributed by atoms with Crippen molar-refractivity contribution < 1.29 is 13.9 Å². The van der Waals surface area contributed by atoms with Crippen LogP contribution in [0.15, 0.2) is 41.4 Å². The molecule has 2 amide bonds. The van der Waals surface area contributed by atoms with Crippen molar-refractivity contribution in [3.05, 3.63) is 48.4 Å². The van der Waals surface area contributed by atoms with E-state index in [1.54, 1.807) is 18.2 Å². The summed E-state index contributed by atoms with van der Waals surface area (Å²) >= 11 is 0. The predicted molar refractivity (Wildman–Crippen MR) is 96.9 cm³/mol. The first-order chi connectivity index (χ1) is 13.2. The Balaban J connectivity index is 1.57. The predicted octanol–water partition coefficient (Wildman–Crippen LogP) is 2.76. The normalized spacial score (nSPS) is 19.4. The van der Waals surface area contributed by atoms with Gasteiger partial charge in [-0.05, 0) is 24.6 Å². The third-order valence-corrected chi connectivity index (χ3v) is 4.84. The Hall–Kier alpha value is -3.20. The minimum Gasteiger partial charge on any atom is -0.445 e. The molecule has 140 valence electrons. The van der Waals surface area contributed by atoms with Gasteiger partial charge in [0.25, 0.3) is 0 Å². The van der Waals surface area contributed by atoms with E-state index in [4.69, 9.17) is 9.15 Å². The molecule has 3 aromatic rings. The fourth-order valence-corrected chi connectivity index (χ4v) is 3.37. The van der Waals surface area contributed by atoms with E-state index in [-0.39, 0.29) is 18.2 Å². The number of nitrogens with one attached hydrogen (secondary N) is 2. The molecule has 0 bridgehead atoms. The van der Waals surface area contributed by atoms with Crippen LogP contribution in [0.5, 0.6) is 0 Å². The Morgan fingerprint density at radius 2 is 2.30 bits per heavy atom. The Kier molecular flexibility index (Phi) is 4.59. The van der Waals surface area contributed by atoms with Crippen molar-refractivity contribution in [2.75, 3.05) is 19.0 Å². The van der Waals surface area contributed by atoms with Crippen molar-refractivity contribution >= 4 is 11.7 Å². The second-order valence-corrected chi connectivity index (χ2v) is 6.38. The summed E-state index contributed by atoms with van der Waals surface area (Å²) in [4.78, 5) is 23.1. The number of carbonyl (C=O) groups is 1. The Morgan fingerprint density at radius 1 is 1.41 bits per heavy atom. The van der Waals surface area contributed by atoms with Crippen LogP contribution >= 0.6 is 0 Å². The molecule has 1 aliphatic rings. The first kappa shape index (κ1) is 17.2. The molecule has 0 radical (unpaired) electrons. The smallest absolute Gasteiger partial charge is 0.322 e. The lowest BCUT2D eigenvalue weighted by atomic mass is 10.1. The van der Waals surface area contributed by atoms with E-state index in [1.807, 2.05) is 25.1 Å². The number of anilines is 1. The van der Waals surface area contributed by atoms with Gasteiger partial charge >= 0.3 is 6.03 Å². The number of aromatic amines is 1. The summed E-state index contributed by atoms with van der Waals surface area (Å²) in [5.74, 6) is 1.17. The first-order valence-corrected chi connectivity index (χ1v) is 8.62. The van der Waals surface area contributed by atoms with Gasteiger partial charge in [-0.15, -0.1) is 0 Å². The number of hydrogen-bond acceptors (Lipinski definition) is 6. The van der Waals surface area contributed by atoms with Gasteiger partial charge in [0.05, 0.1) is 18.3 Å². The molecule has 1 aromatic carbocycles. The zero-order valence-electron chi connectivity index (χ0n) is 15.0. The monoisotopic (exact) mass is 368 g/mol. The second kappa shape index (κ2) is 7.20. The third-order valence-electron chi connectivity index (χ3n) is 4.84. The van der Waals surface area contributed by atoms with Crippen molar-refractivity contribution in [2.24, 2.45) is 0 Å². The SMILES string of the molecule is CO[C@@H]1C[C@@H](c2ncn[nH]2)N(C(=O)Nc2cccc(-c3ncco3)c2C)C1. The van der Waals surface area contributed by atoms with Crippen molar-refractivity contribution in [1.29, 1.82) is 0 Å². The van der Waals surface area contributed by atoms with Gasteiger partial charge in [-0.2, -0.15) is 5.10 Å². The van der Waals surface area contributed by atoms with Gasteiger partial charge in [-0.1, -0.05) is 6.07 Å². The van der Waals surface area contributed by atoms with E-state index in [2.05, 4.69) is 25.5 Å². The summed E-state index contributed by atoms with van der Waals surface area (Å²) in [5.41, 5.74) is 2.42. The van der Waals surface area contributed by atoms with E-state index in [9.17, 15) is 4.79 Å². The van der Waals surface area contributed by atoms with E-state index < -0.39 is 0 Å². The number of likely N-dealkylation sites (tertiary alicyclic amines) is 1. The quantitative estimate of drug-likeness (QED) is 0.733. The number of hydrogen-bond donors (Lipinski definition) is 2. The van der Waals surface area contributed by atoms with Crippen LogP contribution in [0.1, 0.15) is 23.9 Å². The topological polar surface area (TPSA) is 109 Å². The van der Waals surface area contributed by atoms with Gasteiger partial charge in [-0.25, -0.2) is 14.8 Å². The summed E-state index contributed by atoms with van der Waals surface area (Å²) in [6.07, 6.45) is 5.17. The molecule has 2 aromatic heterocycles. The summed E-state index contributed by atoms with van der Waals surface area (Å²) in [6.45, 7) is 2.40. The Morgan fingerprint density at radius 3 is 3.00 bits per heavy atom. The number of nitrogens with zero attached hydrogens (tertiary/aromatic N) is 4. The number of carbonyl (C=O) groups excluding carboxylic acids is 1. The molecule has 3 heterocycles. The molecule has 0 spiro atoms.